The monoisotopic (exact) mass is 498 g/mol. The first kappa shape index (κ1) is 25.1. The topological polar surface area (TPSA) is 84.8 Å². The van der Waals surface area contributed by atoms with Gasteiger partial charge in [0.2, 0.25) is 0 Å². The number of unbranched alkanes of at least 4 members (excludes halogenated alkanes) is 1. The van der Waals surface area contributed by atoms with E-state index in [1.54, 1.807) is 14.0 Å². The lowest BCUT2D eigenvalue weighted by Crippen LogP contribution is -2.39. The third-order valence-corrected chi connectivity index (χ3v) is 4.75. The fourth-order valence-corrected chi connectivity index (χ4v) is 3.09. The smallest absolute Gasteiger partial charge is 0.350 e. The van der Waals surface area contributed by atoms with Crippen LogP contribution in [0.4, 0.5) is 0 Å². The Labute approximate surface area is 177 Å². The highest BCUT2D eigenvalue weighted by Gasteiger charge is 2.19. The van der Waals surface area contributed by atoms with E-state index in [-0.39, 0.29) is 36.0 Å². The average Bonchev–Trinajstić information content (AvgIpc) is 2.99. The van der Waals surface area contributed by atoms with Gasteiger partial charge in [0, 0.05) is 26.8 Å². The maximum absolute atomic E-state index is 11.9. The number of rotatable bonds is 10. The van der Waals surface area contributed by atoms with Crippen molar-refractivity contribution in [1.29, 1.82) is 0 Å². The Morgan fingerprint density at radius 3 is 2.65 bits per heavy atom. The van der Waals surface area contributed by atoms with Gasteiger partial charge in [-0.15, -0.1) is 35.3 Å². The van der Waals surface area contributed by atoms with Crippen molar-refractivity contribution in [1.82, 2.24) is 15.6 Å². The van der Waals surface area contributed by atoms with Crippen molar-refractivity contribution in [3.05, 3.63) is 15.6 Å². The van der Waals surface area contributed by atoms with Crippen LogP contribution in [0.1, 0.15) is 60.0 Å². The molecular formula is C17H31IN4O3S. The molecule has 1 unspecified atom stereocenters. The SMILES string of the molecule is CCOCCCCNC(=NC)NC(C)c1nc(C)c(C(=O)OCC)s1.I. The molecule has 2 N–H and O–H groups in total. The van der Waals surface area contributed by atoms with E-state index in [1.165, 1.54) is 11.3 Å². The molecule has 0 aliphatic heterocycles. The molecule has 0 spiro atoms. The van der Waals surface area contributed by atoms with Gasteiger partial charge < -0.3 is 20.1 Å². The zero-order chi connectivity index (χ0) is 18.7. The maximum Gasteiger partial charge on any atom is 0.350 e. The predicted molar refractivity (Wildman–Crippen MR) is 117 cm³/mol. The number of aliphatic imine (C=N–C) groups is 1. The van der Waals surface area contributed by atoms with Crippen molar-refractivity contribution in [2.24, 2.45) is 4.99 Å². The van der Waals surface area contributed by atoms with Crippen LogP contribution in [0.5, 0.6) is 0 Å². The van der Waals surface area contributed by atoms with Crippen LogP contribution in [0.25, 0.3) is 0 Å². The Morgan fingerprint density at radius 2 is 2.04 bits per heavy atom. The second kappa shape index (κ2) is 14.2. The number of carbonyl (C=O) groups is 1. The molecule has 1 aromatic rings. The molecule has 0 amide bonds. The highest BCUT2D eigenvalue weighted by atomic mass is 127. The van der Waals surface area contributed by atoms with E-state index >= 15 is 0 Å². The molecule has 0 aliphatic rings. The maximum atomic E-state index is 11.9. The highest BCUT2D eigenvalue weighted by molar-refractivity contribution is 14.0. The van der Waals surface area contributed by atoms with Crippen LogP contribution < -0.4 is 10.6 Å². The van der Waals surface area contributed by atoms with Crippen molar-refractivity contribution in [2.75, 3.05) is 33.4 Å². The van der Waals surface area contributed by atoms with Gasteiger partial charge in [-0.25, -0.2) is 9.78 Å². The van der Waals surface area contributed by atoms with E-state index in [1.807, 2.05) is 20.8 Å². The lowest BCUT2D eigenvalue weighted by atomic mass is 10.3. The first-order valence-electron chi connectivity index (χ1n) is 8.72. The number of hydrogen-bond donors (Lipinski definition) is 2. The second-order valence-corrected chi connectivity index (χ2v) is 6.49. The predicted octanol–water partition coefficient (Wildman–Crippen LogP) is 3.29. The molecule has 1 atom stereocenters. The summed E-state index contributed by atoms with van der Waals surface area (Å²) < 4.78 is 10.4. The van der Waals surface area contributed by atoms with E-state index in [2.05, 4.69) is 20.6 Å². The third kappa shape index (κ3) is 8.63. The standard InChI is InChI=1S/C17H30N4O3S.HI/c1-6-23-11-9-8-10-19-17(18-5)21-13(4)15-20-12(3)14(25-15)16(22)24-7-2;/h13H,6-11H2,1-5H3,(H2,18,19,21);1H. The van der Waals surface area contributed by atoms with E-state index in [4.69, 9.17) is 9.47 Å². The molecule has 0 radical (unpaired) electrons. The minimum Gasteiger partial charge on any atom is -0.462 e. The zero-order valence-corrected chi connectivity index (χ0v) is 19.4. The molecule has 0 fully saturated rings. The summed E-state index contributed by atoms with van der Waals surface area (Å²) in [5, 5.41) is 7.41. The van der Waals surface area contributed by atoms with Gasteiger partial charge in [-0.1, -0.05) is 0 Å². The van der Waals surface area contributed by atoms with Gasteiger partial charge in [0.05, 0.1) is 18.3 Å². The lowest BCUT2D eigenvalue weighted by Gasteiger charge is -2.16. The van der Waals surface area contributed by atoms with Gasteiger partial charge in [-0.05, 0) is 40.5 Å². The van der Waals surface area contributed by atoms with Gasteiger partial charge >= 0.3 is 5.97 Å². The summed E-state index contributed by atoms with van der Waals surface area (Å²) in [6, 6.07) is -0.0542. The number of aromatic nitrogens is 1. The molecule has 0 saturated heterocycles. The van der Waals surface area contributed by atoms with Crippen LogP contribution in [0.15, 0.2) is 4.99 Å². The number of esters is 1. The molecule has 0 aromatic carbocycles. The number of ether oxygens (including phenoxy) is 2. The summed E-state index contributed by atoms with van der Waals surface area (Å²) in [6.45, 7) is 10.3. The number of guanidine groups is 1. The van der Waals surface area contributed by atoms with E-state index in [0.717, 1.165) is 43.6 Å². The summed E-state index contributed by atoms with van der Waals surface area (Å²) in [5.74, 6) is 0.405. The van der Waals surface area contributed by atoms with Crippen molar-refractivity contribution >= 4 is 47.2 Å². The molecule has 0 saturated carbocycles. The Balaban J connectivity index is 0.00000625. The van der Waals surface area contributed by atoms with E-state index in [9.17, 15) is 4.79 Å². The first-order chi connectivity index (χ1) is 12.0. The van der Waals surface area contributed by atoms with Gasteiger partial charge in [-0.2, -0.15) is 0 Å². The summed E-state index contributed by atoms with van der Waals surface area (Å²) in [5.41, 5.74) is 0.700. The summed E-state index contributed by atoms with van der Waals surface area (Å²) in [6.07, 6.45) is 2.03. The quantitative estimate of drug-likeness (QED) is 0.169. The van der Waals surface area contributed by atoms with Gasteiger partial charge in [0.25, 0.3) is 0 Å². The lowest BCUT2D eigenvalue weighted by molar-refractivity contribution is 0.0531. The molecule has 9 heteroatoms. The molecule has 7 nitrogen and oxygen atoms in total. The molecule has 1 aromatic heterocycles. The molecular weight excluding hydrogens is 467 g/mol. The zero-order valence-electron chi connectivity index (χ0n) is 16.3. The Kier molecular flexibility index (Phi) is 13.6. The fourth-order valence-electron chi connectivity index (χ4n) is 2.13. The van der Waals surface area contributed by atoms with Crippen LogP contribution >= 0.6 is 35.3 Å². The Morgan fingerprint density at radius 1 is 1.31 bits per heavy atom. The van der Waals surface area contributed by atoms with Crippen LogP contribution in [-0.2, 0) is 9.47 Å². The van der Waals surface area contributed by atoms with E-state index < -0.39 is 0 Å². The van der Waals surface area contributed by atoms with Crippen molar-refractivity contribution < 1.29 is 14.3 Å². The van der Waals surface area contributed by atoms with Crippen molar-refractivity contribution in [2.45, 2.75) is 46.6 Å². The number of carbonyl (C=O) groups excluding carboxylic acids is 1. The molecule has 0 aliphatic carbocycles. The molecule has 0 bridgehead atoms. The van der Waals surface area contributed by atoms with Gasteiger partial charge in [0.1, 0.15) is 9.88 Å². The minimum atomic E-state index is -0.312. The Bertz CT molecular complexity index is 566. The number of nitrogens with one attached hydrogen (secondary N) is 2. The summed E-state index contributed by atoms with van der Waals surface area (Å²) in [4.78, 5) is 21.2. The molecule has 1 rings (SSSR count). The van der Waals surface area contributed by atoms with E-state index in [0.29, 0.717) is 17.2 Å². The number of nitrogens with zero attached hydrogens (tertiary/aromatic N) is 2. The molecule has 26 heavy (non-hydrogen) atoms. The largest absolute Gasteiger partial charge is 0.462 e. The fraction of sp³-hybridized carbons (Fsp3) is 0.706. The number of thiazole rings is 1. The second-order valence-electron chi connectivity index (χ2n) is 5.46. The van der Waals surface area contributed by atoms with Gasteiger partial charge in [-0.3, -0.25) is 4.99 Å². The first-order valence-corrected chi connectivity index (χ1v) is 9.54. The number of halogens is 1. The van der Waals surface area contributed by atoms with Gasteiger partial charge in [0.15, 0.2) is 5.96 Å². The van der Waals surface area contributed by atoms with Crippen LogP contribution in [0.3, 0.4) is 0 Å². The van der Waals surface area contributed by atoms with Crippen LogP contribution in [-0.4, -0.2) is 50.3 Å². The highest BCUT2D eigenvalue weighted by Crippen LogP contribution is 2.24. The molecule has 1 heterocycles. The van der Waals surface area contributed by atoms with Crippen LogP contribution in [0.2, 0.25) is 0 Å². The summed E-state index contributed by atoms with van der Waals surface area (Å²) in [7, 11) is 1.74. The normalized spacial score (nSPS) is 12.3. The third-order valence-electron chi connectivity index (χ3n) is 3.43. The summed E-state index contributed by atoms with van der Waals surface area (Å²) >= 11 is 1.36. The number of aryl methyl sites for hydroxylation is 1. The van der Waals surface area contributed by atoms with Crippen molar-refractivity contribution in [3.8, 4) is 0 Å². The van der Waals surface area contributed by atoms with Crippen LogP contribution in [0, 0.1) is 6.92 Å². The Hall–Kier alpha value is -0.940. The molecule has 150 valence electrons. The van der Waals surface area contributed by atoms with Crippen molar-refractivity contribution in [3.63, 3.8) is 0 Å². The minimum absolute atomic E-state index is 0. The average molecular weight is 498 g/mol. The number of hydrogen-bond acceptors (Lipinski definition) is 6.